The van der Waals surface area contributed by atoms with Crippen molar-refractivity contribution >= 4 is 5.78 Å². The van der Waals surface area contributed by atoms with Crippen LogP contribution in [0, 0.1) is 5.92 Å². The molecule has 0 spiro atoms. The maximum Gasteiger partial charge on any atom is 0.217 e. The number of Topliss-reactive ketones (excluding diaryl/α,β-unsaturated/α-hetero) is 1. The first kappa shape index (κ1) is 24.0. The van der Waals surface area contributed by atoms with Crippen LogP contribution in [0.1, 0.15) is 80.3 Å². The molecule has 0 unspecified atom stereocenters. The van der Waals surface area contributed by atoms with Crippen molar-refractivity contribution in [2.24, 2.45) is 5.92 Å². The molecule has 9 nitrogen and oxygen atoms in total. The molecule has 1 saturated carbocycles. The van der Waals surface area contributed by atoms with Gasteiger partial charge in [-0.25, -0.2) is 9.67 Å². The summed E-state index contributed by atoms with van der Waals surface area (Å²) in [5.74, 6) is 1.97. The third kappa shape index (κ3) is 5.40. The van der Waals surface area contributed by atoms with Gasteiger partial charge in [-0.1, -0.05) is 63.3 Å². The molecule has 0 atom stereocenters. The number of aromatic amines is 1. The Bertz CT molecular complexity index is 1270. The summed E-state index contributed by atoms with van der Waals surface area (Å²) in [6.07, 6.45) is 12.9. The molecule has 0 bridgehead atoms. The number of tetrazole rings is 1. The molecule has 36 heavy (non-hydrogen) atoms. The summed E-state index contributed by atoms with van der Waals surface area (Å²) >= 11 is 0. The predicted molar refractivity (Wildman–Crippen MR) is 136 cm³/mol. The molecule has 9 heteroatoms. The average Bonchev–Trinajstić information content (AvgIpc) is 3.60. The zero-order valence-electron chi connectivity index (χ0n) is 20.7. The number of benzene rings is 1. The molecule has 0 aliphatic heterocycles. The second-order valence-corrected chi connectivity index (χ2v) is 9.51. The second-order valence-electron chi connectivity index (χ2n) is 9.51. The zero-order valence-corrected chi connectivity index (χ0v) is 20.7. The van der Waals surface area contributed by atoms with E-state index in [0.717, 1.165) is 79.6 Å². The van der Waals surface area contributed by atoms with Gasteiger partial charge in [-0.05, 0) is 41.7 Å². The number of nitrogens with one attached hydrogen (secondary N) is 1. The number of carbonyl (C=O) groups excluding carboxylic acids is 1. The standard InChI is InChI=1S/C27H32N8O/c1-2-3-7-16-35-24(29-27(32-35)25(36)21-8-5-4-6-9-21)17-19-10-12-20(13-11-19)23-18-28-15-14-22(23)26-30-33-34-31-26/h10-15,18,21H,2-9,16-17H2,1H3,(H,30,31,33,34). The number of aromatic nitrogens is 8. The molecule has 1 fully saturated rings. The first-order valence-corrected chi connectivity index (χ1v) is 13.0. The fourth-order valence-electron chi connectivity index (χ4n) is 4.93. The maximum atomic E-state index is 13.1. The van der Waals surface area contributed by atoms with Gasteiger partial charge in [0.15, 0.2) is 0 Å². The van der Waals surface area contributed by atoms with E-state index < -0.39 is 0 Å². The monoisotopic (exact) mass is 484 g/mol. The van der Waals surface area contributed by atoms with Crippen LogP contribution in [0.15, 0.2) is 42.7 Å². The van der Waals surface area contributed by atoms with E-state index in [-0.39, 0.29) is 11.7 Å². The minimum absolute atomic E-state index is 0.0743. The second kappa shape index (κ2) is 11.3. The number of H-pyrrole nitrogens is 1. The first-order chi connectivity index (χ1) is 17.7. The highest BCUT2D eigenvalue weighted by molar-refractivity contribution is 5.94. The van der Waals surface area contributed by atoms with Crippen molar-refractivity contribution < 1.29 is 4.79 Å². The van der Waals surface area contributed by atoms with Gasteiger partial charge < -0.3 is 0 Å². The van der Waals surface area contributed by atoms with Crippen molar-refractivity contribution in [2.45, 2.75) is 71.3 Å². The van der Waals surface area contributed by atoms with Gasteiger partial charge in [0.25, 0.3) is 0 Å². The molecule has 1 aliphatic rings. The Balaban J connectivity index is 1.37. The summed E-state index contributed by atoms with van der Waals surface area (Å²) in [5.41, 5.74) is 3.94. The Morgan fingerprint density at radius 3 is 2.64 bits per heavy atom. The van der Waals surface area contributed by atoms with Crippen LogP contribution >= 0.6 is 0 Å². The number of aryl methyl sites for hydroxylation is 1. The Labute approximate surface area is 210 Å². The van der Waals surface area contributed by atoms with E-state index in [1.54, 1.807) is 6.20 Å². The Morgan fingerprint density at radius 1 is 1.06 bits per heavy atom. The lowest BCUT2D eigenvalue weighted by molar-refractivity contribution is 0.0878. The van der Waals surface area contributed by atoms with E-state index in [0.29, 0.717) is 18.1 Å². The number of unbranched alkanes of at least 4 members (excludes halogenated alkanes) is 2. The highest BCUT2D eigenvalue weighted by atomic mass is 16.1. The minimum atomic E-state index is 0.0743. The molecule has 4 aromatic rings. The minimum Gasteiger partial charge on any atom is -0.290 e. The maximum absolute atomic E-state index is 13.1. The molecule has 0 saturated heterocycles. The van der Waals surface area contributed by atoms with Gasteiger partial charge in [0.1, 0.15) is 5.82 Å². The summed E-state index contributed by atoms with van der Waals surface area (Å²) < 4.78 is 1.95. The van der Waals surface area contributed by atoms with E-state index >= 15 is 0 Å². The summed E-state index contributed by atoms with van der Waals surface area (Å²) in [6.45, 7) is 2.98. The van der Waals surface area contributed by atoms with E-state index in [9.17, 15) is 4.79 Å². The summed E-state index contributed by atoms with van der Waals surface area (Å²) in [7, 11) is 0. The van der Waals surface area contributed by atoms with Crippen LogP contribution in [0.25, 0.3) is 22.5 Å². The number of ketones is 1. The molecule has 0 amide bonds. The van der Waals surface area contributed by atoms with Gasteiger partial charge in [-0.3, -0.25) is 9.78 Å². The van der Waals surface area contributed by atoms with E-state index in [2.05, 4.69) is 61.9 Å². The SMILES string of the molecule is CCCCCn1nc(C(=O)C2CCCCC2)nc1Cc1ccc(-c2cnccc2-c2nn[nH]n2)cc1. The highest BCUT2D eigenvalue weighted by Crippen LogP contribution is 2.29. The van der Waals surface area contributed by atoms with Crippen LogP contribution in [-0.4, -0.2) is 46.2 Å². The fraction of sp³-hybridized carbons (Fsp3) is 0.444. The number of hydrogen-bond acceptors (Lipinski definition) is 7. The van der Waals surface area contributed by atoms with E-state index in [1.807, 2.05) is 16.9 Å². The van der Waals surface area contributed by atoms with Crippen molar-refractivity contribution in [3.05, 3.63) is 59.9 Å². The lowest BCUT2D eigenvalue weighted by Crippen LogP contribution is -2.19. The van der Waals surface area contributed by atoms with Gasteiger partial charge in [0.05, 0.1) is 0 Å². The third-order valence-corrected chi connectivity index (χ3v) is 6.95. The number of nitrogens with zero attached hydrogens (tertiary/aromatic N) is 7. The first-order valence-electron chi connectivity index (χ1n) is 13.0. The number of hydrogen-bond donors (Lipinski definition) is 1. The Hall–Kier alpha value is -3.75. The topological polar surface area (TPSA) is 115 Å². The quantitative estimate of drug-likeness (QED) is 0.247. The normalized spacial score (nSPS) is 14.2. The number of carbonyl (C=O) groups is 1. The van der Waals surface area contributed by atoms with Gasteiger partial charge >= 0.3 is 0 Å². The lowest BCUT2D eigenvalue weighted by Gasteiger charge is -2.18. The number of rotatable bonds is 10. The van der Waals surface area contributed by atoms with Gasteiger partial charge in [0, 0.05) is 42.4 Å². The molecule has 1 aromatic carbocycles. The smallest absolute Gasteiger partial charge is 0.217 e. The van der Waals surface area contributed by atoms with Crippen molar-refractivity contribution in [3.63, 3.8) is 0 Å². The lowest BCUT2D eigenvalue weighted by atomic mass is 9.86. The van der Waals surface area contributed by atoms with Crippen LogP contribution in [0.5, 0.6) is 0 Å². The molecular weight excluding hydrogens is 452 g/mol. The molecule has 3 heterocycles. The fourth-order valence-corrected chi connectivity index (χ4v) is 4.93. The van der Waals surface area contributed by atoms with Crippen LogP contribution in [0.2, 0.25) is 0 Å². The predicted octanol–water partition coefficient (Wildman–Crippen LogP) is 5.06. The molecule has 1 N–H and O–H groups in total. The van der Waals surface area contributed by atoms with Gasteiger partial charge in [-0.15, -0.1) is 15.3 Å². The van der Waals surface area contributed by atoms with Crippen molar-refractivity contribution in [1.82, 2.24) is 40.4 Å². The van der Waals surface area contributed by atoms with Crippen LogP contribution in [-0.2, 0) is 13.0 Å². The van der Waals surface area contributed by atoms with Crippen molar-refractivity contribution in [3.8, 4) is 22.5 Å². The van der Waals surface area contributed by atoms with Gasteiger partial charge in [-0.2, -0.15) is 5.21 Å². The highest BCUT2D eigenvalue weighted by Gasteiger charge is 2.26. The van der Waals surface area contributed by atoms with Gasteiger partial charge in [0.2, 0.25) is 17.4 Å². The molecular formula is C27H32N8O. The third-order valence-electron chi connectivity index (χ3n) is 6.95. The van der Waals surface area contributed by atoms with Crippen LogP contribution < -0.4 is 0 Å². The van der Waals surface area contributed by atoms with E-state index in [4.69, 9.17) is 4.98 Å². The molecule has 0 radical (unpaired) electrons. The van der Waals surface area contributed by atoms with Crippen LogP contribution in [0.4, 0.5) is 0 Å². The Kier molecular flexibility index (Phi) is 7.54. The summed E-state index contributed by atoms with van der Waals surface area (Å²) in [4.78, 5) is 22.2. The largest absolute Gasteiger partial charge is 0.290 e. The molecule has 3 aromatic heterocycles. The van der Waals surface area contributed by atoms with E-state index in [1.165, 1.54) is 6.42 Å². The zero-order chi connectivity index (χ0) is 24.7. The summed E-state index contributed by atoms with van der Waals surface area (Å²) in [5, 5.41) is 19.1. The average molecular weight is 485 g/mol. The number of pyridine rings is 1. The Morgan fingerprint density at radius 2 is 1.89 bits per heavy atom. The van der Waals surface area contributed by atoms with Crippen molar-refractivity contribution in [1.29, 1.82) is 0 Å². The molecule has 1 aliphatic carbocycles. The molecule has 186 valence electrons. The molecule has 5 rings (SSSR count). The van der Waals surface area contributed by atoms with Crippen molar-refractivity contribution in [2.75, 3.05) is 0 Å². The summed E-state index contributed by atoms with van der Waals surface area (Å²) in [6, 6.07) is 10.2. The van der Waals surface area contributed by atoms with Crippen LogP contribution in [0.3, 0.4) is 0 Å².